The Morgan fingerprint density at radius 3 is 2.75 bits per heavy atom. The molecule has 2 aromatic heterocycles. The van der Waals surface area contributed by atoms with Crippen LogP contribution >= 0.6 is 11.3 Å². The van der Waals surface area contributed by atoms with Crippen molar-refractivity contribution in [2.45, 2.75) is 6.54 Å². The van der Waals surface area contributed by atoms with Gasteiger partial charge >= 0.3 is 0 Å². The van der Waals surface area contributed by atoms with E-state index >= 15 is 0 Å². The number of hydrazone groups is 1. The first-order chi connectivity index (χ1) is 13.8. The van der Waals surface area contributed by atoms with Gasteiger partial charge in [0.2, 0.25) is 0 Å². The second kappa shape index (κ2) is 7.91. The van der Waals surface area contributed by atoms with Crippen molar-refractivity contribution in [1.82, 2.24) is 15.0 Å². The molecule has 2 aromatic carbocycles. The van der Waals surface area contributed by atoms with Crippen LogP contribution in [0.2, 0.25) is 0 Å². The van der Waals surface area contributed by atoms with Crippen LogP contribution in [0.4, 0.5) is 0 Å². The van der Waals surface area contributed by atoms with Crippen LogP contribution in [0.1, 0.15) is 15.2 Å². The molecule has 1 N–H and O–H groups in total. The molecule has 2 heterocycles. The molecule has 4 rings (SSSR count). The largest absolute Gasteiger partial charge is 0.312 e. The van der Waals surface area contributed by atoms with Crippen molar-refractivity contribution >= 4 is 34.5 Å². The van der Waals surface area contributed by atoms with Crippen molar-refractivity contribution in [3.8, 4) is 23.7 Å². The Morgan fingerprint density at radius 2 is 2.00 bits per heavy atom. The minimum atomic E-state index is -0.267. The van der Waals surface area contributed by atoms with Gasteiger partial charge in [-0.3, -0.25) is 4.79 Å². The molecular formula is C22H16N4OS. The van der Waals surface area contributed by atoms with Gasteiger partial charge in [-0.2, -0.15) is 5.10 Å². The fraction of sp³-hybridized carbons (Fsp3) is 0.0455. The van der Waals surface area contributed by atoms with E-state index < -0.39 is 0 Å². The van der Waals surface area contributed by atoms with Gasteiger partial charge in [0.15, 0.2) is 0 Å². The Balaban J connectivity index is 1.56. The number of nitrogens with one attached hydrogen (secondary N) is 1. The molecule has 6 heteroatoms. The van der Waals surface area contributed by atoms with E-state index in [4.69, 9.17) is 11.4 Å². The third-order valence-corrected chi connectivity index (χ3v) is 5.02. The van der Waals surface area contributed by atoms with Crippen LogP contribution < -0.4 is 5.43 Å². The van der Waals surface area contributed by atoms with Gasteiger partial charge in [-0.25, -0.2) is 10.4 Å². The average Bonchev–Trinajstić information content (AvgIpc) is 3.37. The summed E-state index contributed by atoms with van der Waals surface area (Å²) >= 11 is 1.55. The molecule has 28 heavy (non-hydrogen) atoms. The smallest absolute Gasteiger partial charge is 0.271 e. The highest BCUT2D eigenvalue weighted by Crippen LogP contribution is 2.25. The maximum absolute atomic E-state index is 12.3. The summed E-state index contributed by atoms with van der Waals surface area (Å²) < 4.78 is 2.00. The van der Waals surface area contributed by atoms with Crippen LogP contribution in [0.5, 0.6) is 0 Å². The van der Waals surface area contributed by atoms with Crippen LogP contribution in [0.15, 0.2) is 71.1 Å². The van der Waals surface area contributed by atoms with Crippen LogP contribution in [0.25, 0.3) is 22.4 Å². The van der Waals surface area contributed by atoms with Crippen molar-refractivity contribution in [1.29, 1.82) is 0 Å². The van der Waals surface area contributed by atoms with E-state index in [1.165, 1.54) is 0 Å². The number of hydrogen-bond donors (Lipinski definition) is 1. The predicted molar refractivity (Wildman–Crippen MR) is 113 cm³/mol. The van der Waals surface area contributed by atoms with E-state index in [1.54, 1.807) is 29.7 Å². The Morgan fingerprint density at radius 1 is 1.18 bits per heavy atom. The van der Waals surface area contributed by atoms with Gasteiger partial charge in [0.25, 0.3) is 5.91 Å². The fourth-order valence-electron chi connectivity index (χ4n) is 2.90. The predicted octanol–water partition coefficient (Wildman–Crippen LogP) is 4.16. The minimum Gasteiger partial charge on any atom is -0.312 e. The summed E-state index contributed by atoms with van der Waals surface area (Å²) in [5, 5.41) is 5.94. The first-order valence-corrected chi connectivity index (χ1v) is 9.50. The second-order valence-electron chi connectivity index (χ2n) is 6.01. The van der Waals surface area contributed by atoms with Crippen LogP contribution in [-0.4, -0.2) is 21.7 Å². The number of nitrogens with zero attached hydrogens (tertiary/aromatic N) is 3. The van der Waals surface area contributed by atoms with Gasteiger partial charge < -0.3 is 4.57 Å². The molecule has 0 atom stereocenters. The van der Waals surface area contributed by atoms with E-state index in [-0.39, 0.29) is 5.91 Å². The highest BCUT2D eigenvalue weighted by Gasteiger charge is 2.12. The molecule has 0 bridgehead atoms. The first kappa shape index (κ1) is 17.7. The summed E-state index contributed by atoms with van der Waals surface area (Å²) in [5.74, 6) is 3.19. The van der Waals surface area contributed by atoms with Crippen molar-refractivity contribution in [3.05, 3.63) is 76.5 Å². The lowest BCUT2D eigenvalue weighted by Crippen LogP contribution is -2.17. The number of carbonyl (C=O) groups excluding carboxylic acids is 1. The molecule has 0 aliphatic rings. The summed E-state index contributed by atoms with van der Waals surface area (Å²) in [7, 11) is 0. The van der Waals surface area contributed by atoms with Crippen LogP contribution in [-0.2, 0) is 6.54 Å². The van der Waals surface area contributed by atoms with Crippen molar-refractivity contribution < 1.29 is 4.79 Å². The molecule has 0 unspecified atom stereocenters. The fourth-order valence-corrected chi connectivity index (χ4v) is 3.49. The number of thiophene rings is 1. The molecule has 0 saturated heterocycles. The van der Waals surface area contributed by atoms with Gasteiger partial charge in [0, 0.05) is 16.0 Å². The zero-order valence-corrected chi connectivity index (χ0v) is 15.7. The normalized spacial score (nSPS) is 11.0. The van der Waals surface area contributed by atoms with E-state index in [1.807, 2.05) is 58.5 Å². The van der Waals surface area contributed by atoms with E-state index in [9.17, 15) is 4.79 Å². The van der Waals surface area contributed by atoms with Crippen LogP contribution in [0.3, 0.4) is 0 Å². The van der Waals surface area contributed by atoms with Gasteiger partial charge in [0.1, 0.15) is 5.82 Å². The van der Waals surface area contributed by atoms with Crippen LogP contribution in [0, 0.1) is 12.3 Å². The van der Waals surface area contributed by atoms with E-state index in [0.29, 0.717) is 12.1 Å². The zero-order chi connectivity index (χ0) is 19.3. The number of para-hydroxylation sites is 2. The van der Waals surface area contributed by atoms with Crippen molar-refractivity contribution in [2.75, 3.05) is 0 Å². The number of rotatable bonds is 5. The highest BCUT2D eigenvalue weighted by molar-refractivity contribution is 7.11. The Labute approximate surface area is 166 Å². The van der Waals surface area contributed by atoms with Gasteiger partial charge in [-0.15, -0.1) is 17.8 Å². The lowest BCUT2D eigenvalue weighted by Gasteiger charge is -2.06. The maximum Gasteiger partial charge on any atom is 0.271 e. The monoisotopic (exact) mass is 384 g/mol. The molecule has 0 aliphatic heterocycles. The first-order valence-electron chi connectivity index (χ1n) is 8.62. The van der Waals surface area contributed by atoms with Gasteiger partial charge in [0.05, 0.1) is 23.8 Å². The minimum absolute atomic E-state index is 0.267. The number of hydrogen-bond acceptors (Lipinski definition) is 4. The second-order valence-corrected chi connectivity index (χ2v) is 6.99. The molecule has 5 nitrogen and oxygen atoms in total. The SMILES string of the molecule is C#CCn1c(-c2ccc(C(=O)N/N=C/c3cccs3)cc2)nc2ccccc21. The molecular weight excluding hydrogens is 368 g/mol. The summed E-state index contributed by atoms with van der Waals surface area (Å²) in [6, 6.07) is 19.0. The quantitative estimate of drug-likeness (QED) is 0.319. The Bertz CT molecular complexity index is 1180. The van der Waals surface area contributed by atoms with E-state index in [0.717, 1.165) is 27.3 Å². The molecule has 0 fully saturated rings. The van der Waals surface area contributed by atoms with Crippen molar-refractivity contribution in [3.63, 3.8) is 0 Å². The van der Waals surface area contributed by atoms with Gasteiger partial charge in [-0.05, 0) is 35.7 Å². The number of terminal acetylenes is 1. The molecule has 4 aromatic rings. The molecule has 136 valence electrons. The number of benzene rings is 2. The lowest BCUT2D eigenvalue weighted by atomic mass is 10.1. The number of fused-ring (bicyclic) bond motifs is 1. The number of aromatic nitrogens is 2. The highest BCUT2D eigenvalue weighted by atomic mass is 32.1. The van der Waals surface area contributed by atoms with Crippen molar-refractivity contribution in [2.24, 2.45) is 5.10 Å². The standard InChI is InChI=1S/C22H16N4OS/c1-2-13-26-20-8-4-3-7-19(20)24-21(26)16-9-11-17(12-10-16)22(27)25-23-15-18-6-5-14-28-18/h1,3-12,14-15H,13H2,(H,25,27)/b23-15+. The zero-order valence-electron chi connectivity index (χ0n) is 14.9. The average molecular weight is 384 g/mol. The molecule has 0 spiro atoms. The lowest BCUT2D eigenvalue weighted by molar-refractivity contribution is 0.0955. The molecule has 0 saturated carbocycles. The van der Waals surface area contributed by atoms with Gasteiger partial charge in [-0.1, -0.05) is 36.3 Å². The number of imidazole rings is 1. The molecule has 1 amide bonds. The molecule has 0 radical (unpaired) electrons. The summed E-state index contributed by atoms with van der Waals surface area (Å²) in [5.41, 5.74) is 5.83. The number of carbonyl (C=O) groups is 1. The number of amides is 1. The topological polar surface area (TPSA) is 59.3 Å². The summed E-state index contributed by atoms with van der Waals surface area (Å²) in [6.45, 7) is 0.426. The van der Waals surface area contributed by atoms with E-state index in [2.05, 4.69) is 16.4 Å². The third-order valence-electron chi connectivity index (χ3n) is 4.21. The molecule has 0 aliphatic carbocycles. The third kappa shape index (κ3) is 3.56. The Hall–Kier alpha value is -3.69. The summed E-state index contributed by atoms with van der Waals surface area (Å²) in [4.78, 5) is 17.9. The maximum atomic E-state index is 12.3. The Kier molecular flexibility index (Phi) is 5.00. The summed E-state index contributed by atoms with van der Waals surface area (Å²) in [6.07, 6.45) is 7.16.